The molecule has 0 spiro atoms. The van der Waals surface area contributed by atoms with Gasteiger partial charge < -0.3 is 35.8 Å². The molecule has 3 aromatic rings. The minimum Gasteiger partial charge on any atom is -0.371 e. The molecule has 4 fully saturated rings. The SMILES string of the molecule is O=C(Nc1ccc(-c2nc(Nc3ccc(N4CCNCC4)cc3)nc(N3CC4CCC(C3)O4)n2)cc1)NC1CC1. The average molecular weight is 542 g/mol. The third-order valence-corrected chi connectivity index (χ3v) is 7.87. The number of hydrogen-bond acceptors (Lipinski definition) is 9. The lowest BCUT2D eigenvalue weighted by Gasteiger charge is -2.32. The zero-order chi connectivity index (χ0) is 26.9. The Morgan fingerprint density at radius 2 is 1.52 bits per heavy atom. The van der Waals surface area contributed by atoms with Gasteiger partial charge in [-0.05, 0) is 74.2 Å². The Hall–Kier alpha value is -3.96. The highest BCUT2D eigenvalue weighted by molar-refractivity contribution is 5.89. The van der Waals surface area contributed by atoms with Crippen molar-refractivity contribution in [3.63, 3.8) is 0 Å². The summed E-state index contributed by atoms with van der Waals surface area (Å²) in [5, 5.41) is 12.7. The molecule has 2 atom stereocenters. The molecule has 4 heterocycles. The van der Waals surface area contributed by atoms with Crippen LogP contribution in [0.3, 0.4) is 0 Å². The highest BCUT2D eigenvalue weighted by Crippen LogP contribution is 2.30. The minimum absolute atomic E-state index is 0.172. The van der Waals surface area contributed by atoms with Gasteiger partial charge in [-0.25, -0.2) is 4.79 Å². The van der Waals surface area contributed by atoms with E-state index in [9.17, 15) is 4.79 Å². The molecule has 40 heavy (non-hydrogen) atoms. The van der Waals surface area contributed by atoms with Crippen LogP contribution in [-0.4, -0.2) is 78.5 Å². The van der Waals surface area contributed by atoms with Crippen LogP contribution in [-0.2, 0) is 4.74 Å². The Labute approximate surface area is 233 Å². The van der Waals surface area contributed by atoms with Gasteiger partial charge in [0.15, 0.2) is 5.82 Å². The van der Waals surface area contributed by atoms with Crippen molar-refractivity contribution in [3.05, 3.63) is 48.5 Å². The van der Waals surface area contributed by atoms with Crippen molar-refractivity contribution >= 4 is 35.0 Å². The number of nitrogens with zero attached hydrogens (tertiary/aromatic N) is 5. The van der Waals surface area contributed by atoms with Gasteiger partial charge in [-0.15, -0.1) is 0 Å². The number of ether oxygens (including phenoxy) is 1. The van der Waals surface area contributed by atoms with Crippen molar-refractivity contribution in [1.82, 2.24) is 25.6 Å². The molecule has 2 unspecified atom stereocenters. The number of anilines is 5. The molecule has 4 aliphatic rings. The molecular formula is C29H35N9O2. The zero-order valence-corrected chi connectivity index (χ0v) is 22.5. The largest absolute Gasteiger partial charge is 0.371 e. The zero-order valence-electron chi connectivity index (χ0n) is 22.5. The quantitative estimate of drug-likeness (QED) is 0.357. The Morgan fingerprint density at radius 1 is 0.825 bits per heavy atom. The van der Waals surface area contributed by atoms with E-state index in [0.717, 1.165) is 81.9 Å². The summed E-state index contributed by atoms with van der Waals surface area (Å²) in [6.07, 6.45) is 4.70. The predicted octanol–water partition coefficient (Wildman–Crippen LogP) is 3.34. The normalized spacial score (nSPS) is 22.2. The van der Waals surface area contributed by atoms with Crippen molar-refractivity contribution < 1.29 is 9.53 Å². The predicted molar refractivity (Wildman–Crippen MR) is 155 cm³/mol. The Bertz CT molecular complexity index is 1330. The van der Waals surface area contributed by atoms with E-state index in [4.69, 9.17) is 19.7 Å². The van der Waals surface area contributed by atoms with Gasteiger partial charge in [0.1, 0.15) is 0 Å². The van der Waals surface area contributed by atoms with E-state index in [1.165, 1.54) is 5.69 Å². The fourth-order valence-electron chi connectivity index (χ4n) is 5.56. The van der Waals surface area contributed by atoms with Gasteiger partial charge in [0, 0.05) is 67.9 Å². The highest BCUT2D eigenvalue weighted by atomic mass is 16.5. The summed E-state index contributed by atoms with van der Waals surface area (Å²) in [5.74, 6) is 1.73. The molecule has 208 valence electrons. The lowest BCUT2D eigenvalue weighted by Crippen LogP contribution is -2.43. The maximum Gasteiger partial charge on any atom is 0.319 e. The molecule has 3 saturated heterocycles. The number of rotatable bonds is 7. The van der Waals surface area contributed by atoms with E-state index < -0.39 is 0 Å². The topological polar surface area (TPSA) is 120 Å². The first kappa shape index (κ1) is 25.0. The van der Waals surface area contributed by atoms with Gasteiger partial charge in [-0.3, -0.25) is 0 Å². The molecule has 2 bridgehead atoms. The van der Waals surface area contributed by atoms with Crippen LogP contribution >= 0.6 is 0 Å². The van der Waals surface area contributed by atoms with Crippen molar-refractivity contribution in [2.24, 2.45) is 0 Å². The molecule has 4 N–H and O–H groups in total. The number of benzene rings is 2. The third-order valence-electron chi connectivity index (χ3n) is 7.87. The highest BCUT2D eigenvalue weighted by Gasteiger charge is 2.35. The monoisotopic (exact) mass is 541 g/mol. The van der Waals surface area contributed by atoms with Gasteiger partial charge in [0.05, 0.1) is 12.2 Å². The van der Waals surface area contributed by atoms with E-state index >= 15 is 0 Å². The van der Waals surface area contributed by atoms with Crippen LogP contribution in [0.15, 0.2) is 48.5 Å². The summed E-state index contributed by atoms with van der Waals surface area (Å²) in [5.41, 5.74) is 3.71. The summed E-state index contributed by atoms with van der Waals surface area (Å²) < 4.78 is 6.05. The van der Waals surface area contributed by atoms with E-state index in [0.29, 0.717) is 23.8 Å². The molecule has 1 saturated carbocycles. The molecular weight excluding hydrogens is 506 g/mol. The number of piperazine rings is 1. The molecule has 2 amide bonds. The lowest BCUT2D eigenvalue weighted by atomic mass is 10.2. The second-order valence-electron chi connectivity index (χ2n) is 11.0. The second kappa shape index (κ2) is 10.9. The minimum atomic E-state index is -0.172. The van der Waals surface area contributed by atoms with Gasteiger partial charge in [0.2, 0.25) is 11.9 Å². The van der Waals surface area contributed by atoms with Crippen LogP contribution in [0, 0.1) is 0 Å². The van der Waals surface area contributed by atoms with Crippen molar-refractivity contribution in [2.45, 2.75) is 43.9 Å². The van der Waals surface area contributed by atoms with Crippen molar-refractivity contribution in [1.29, 1.82) is 0 Å². The molecule has 11 heteroatoms. The van der Waals surface area contributed by atoms with Crippen LogP contribution in [0.1, 0.15) is 25.7 Å². The van der Waals surface area contributed by atoms with Gasteiger partial charge >= 0.3 is 6.03 Å². The first-order valence-corrected chi connectivity index (χ1v) is 14.3. The number of hydrogen-bond donors (Lipinski definition) is 4. The number of fused-ring (bicyclic) bond motifs is 2. The van der Waals surface area contributed by atoms with Crippen LogP contribution in [0.4, 0.5) is 33.8 Å². The molecule has 0 radical (unpaired) electrons. The first-order valence-electron chi connectivity index (χ1n) is 14.3. The molecule has 7 rings (SSSR count). The van der Waals surface area contributed by atoms with Crippen LogP contribution in [0.25, 0.3) is 11.4 Å². The van der Waals surface area contributed by atoms with Crippen LogP contribution < -0.4 is 31.1 Å². The smallest absolute Gasteiger partial charge is 0.319 e. The molecule has 2 aromatic carbocycles. The molecule has 3 aliphatic heterocycles. The van der Waals surface area contributed by atoms with Crippen molar-refractivity contribution in [2.75, 3.05) is 59.7 Å². The molecule has 1 aromatic heterocycles. The number of aromatic nitrogens is 3. The Balaban J connectivity index is 1.13. The average Bonchev–Trinajstić information content (AvgIpc) is 3.74. The Morgan fingerprint density at radius 3 is 2.23 bits per heavy atom. The van der Waals surface area contributed by atoms with E-state index in [1.807, 2.05) is 24.3 Å². The maximum absolute atomic E-state index is 12.1. The number of carbonyl (C=O) groups excluding carboxylic acids is 1. The lowest BCUT2D eigenvalue weighted by molar-refractivity contribution is 0.0299. The van der Waals surface area contributed by atoms with E-state index in [-0.39, 0.29) is 18.2 Å². The fourth-order valence-corrected chi connectivity index (χ4v) is 5.56. The third kappa shape index (κ3) is 5.80. The van der Waals surface area contributed by atoms with Gasteiger partial charge in [-0.1, -0.05) is 0 Å². The number of amides is 2. The van der Waals surface area contributed by atoms with Crippen molar-refractivity contribution in [3.8, 4) is 11.4 Å². The standard InChI is InChI=1S/C29H35N9O2/c39-29(33-22-5-6-22)32-21-3-1-19(2-4-21)26-34-27(36-28(35-26)38-17-24-11-12-25(18-38)40-24)31-20-7-9-23(10-8-20)37-15-13-30-14-16-37/h1-4,7-10,22,24-25,30H,5-6,11-18H2,(H2,32,33,39)(H,31,34,35,36). The summed E-state index contributed by atoms with van der Waals surface area (Å²) >= 11 is 0. The van der Waals surface area contributed by atoms with E-state index in [2.05, 4.69) is 55.3 Å². The van der Waals surface area contributed by atoms with Crippen LogP contribution in [0.2, 0.25) is 0 Å². The number of nitrogens with one attached hydrogen (secondary N) is 4. The summed E-state index contributed by atoms with van der Waals surface area (Å²) in [4.78, 5) is 31.2. The summed E-state index contributed by atoms with van der Waals surface area (Å²) in [6, 6.07) is 16.2. The number of carbonyl (C=O) groups is 1. The molecule has 1 aliphatic carbocycles. The fraction of sp³-hybridized carbons (Fsp3) is 0.448. The molecule has 11 nitrogen and oxygen atoms in total. The van der Waals surface area contributed by atoms with E-state index in [1.54, 1.807) is 0 Å². The van der Waals surface area contributed by atoms with Gasteiger partial charge in [-0.2, -0.15) is 15.0 Å². The van der Waals surface area contributed by atoms with Gasteiger partial charge in [0.25, 0.3) is 0 Å². The Kier molecular flexibility index (Phi) is 6.82. The second-order valence-corrected chi connectivity index (χ2v) is 11.0. The summed E-state index contributed by atoms with van der Waals surface area (Å²) in [6.45, 7) is 5.58. The number of urea groups is 1. The number of morpholine rings is 1. The maximum atomic E-state index is 12.1. The van der Waals surface area contributed by atoms with Crippen LogP contribution in [0.5, 0.6) is 0 Å². The summed E-state index contributed by atoms with van der Waals surface area (Å²) in [7, 11) is 0. The first-order chi connectivity index (χ1) is 19.6.